The van der Waals surface area contributed by atoms with E-state index in [4.69, 9.17) is 5.73 Å². The number of likely N-dealkylation sites (N-methyl/N-ethyl adjacent to an activating group) is 1. The van der Waals surface area contributed by atoms with Gasteiger partial charge in [-0.3, -0.25) is 0 Å². The summed E-state index contributed by atoms with van der Waals surface area (Å²) in [5, 5.41) is 3.36. The molecule has 0 aromatic heterocycles. The first-order valence-electron chi connectivity index (χ1n) is 4.85. The molecule has 0 aliphatic rings. The van der Waals surface area contributed by atoms with Crippen molar-refractivity contribution in [3.05, 3.63) is 24.3 Å². The van der Waals surface area contributed by atoms with Crippen molar-refractivity contribution in [1.29, 1.82) is 0 Å². The fraction of sp³-hybridized carbons (Fsp3) is 0.455. The minimum atomic E-state index is 0.521. The molecule has 0 fully saturated rings. The summed E-state index contributed by atoms with van der Waals surface area (Å²) in [4.78, 5) is 2.18. The maximum Gasteiger partial charge on any atom is 0.0342 e. The van der Waals surface area contributed by atoms with Crippen LogP contribution in [0.3, 0.4) is 0 Å². The predicted octanol–water partition coefficient (Wildman–Crippen LogP) is 1.63. The Morgan fingerprint density at radius 2 is 1.86 bits per heavy atom. The molecule has 0 saturated carbocycles. The fourth-order valence-corrected chi connectivity index (χ4v) is 1.05. The molecule has 14 heavy (non-hydrogen) atoms. The molecule has 0 aliphatic carbocycles. The number of nitrogens with two attached hydrogens (primary N) is 1. The second-order valence-corrected chi connectivity index (χ2v) is 3.82. The molecule has 1 aromatic carbocycles. The number of hydrogen-bond donors (Lipinski definition) is 2. The van der Waals surface area contributed by atoms with Gasteiger partial charge in [0.15, 0.2) is 0 Å². The van der Waals surface area contributed by atoms with Gasteiger partial charge in [0, 0.05) is 24.0 Å². The van der Waals surface area contributed by atoms with E-state index in [9.17, 15) is 0 Å². The highest BCUT2D eigenvalue weighted by Crippen LogP contribution is 2.10. The molecule has 0 amide bonds. The Morgan fingerprint density at radius 1 is 1.29 bits per heavy atom. The molecule has 0 heterocycles. The highest BCUT2D eigenvalue weighted by Gasteiger charge is 2.02. The lowest BCUT2D eigenvalue weighted by Gasteiger charge is -2.20. The summed E-state index contributed by atoms with van der Waals surface area (Å²) >= 11 is 0. The Balaban J connectivity index is 2.42. The number of rotatable bonds is 4. The van der Waals surface area contributed by atoms with Gasteiger partial charge in [-0.25, -0.2) is 0 Å². The lowest BCUT2D eigenvalue weighted by molar-refractivity contribution is 0.326. The van der Waals surface area contributed by atoms with Crippen LogP contribution in [0.5, 0.6) is 0 Å². The number of benzene rings is 1. The van der Waals surface area contributed by atoms with Crippen LogP contribution < -0.4 is 11.1 Å². The molecule has 1 unspecified atom stereocenters. The second-order valence-electron chi connectivity index (χ2n) is 3.82. The van der Waals surface area contributed by atoms with Crippen molar-refractivity contribution < 1.29 is 0 Å². The molecular weight excluding hydrogens is 174 g/mol. The van der Waals surface area contributed by atoms with Crippen molar-refractivity contribution in [3.63, 3.8) is 0 Å². The van der Waals surface area contributed by atoms with Gasteiger partial charge in [0.2, 0.25) is 0 Å². The van der Waals surface area contributed by atoms with E-state index in [0.717, 1.165) is 17.9 Å². The van der Waals surface area contributed by atoms with Crippen molar-refractivity contribution in [2.45, 2.75) is 13.0 Å². The normalized spacial score (nSPS) is 12.9. The first-order chi connectivity index (χ1) is 6.59. The molecule has 0 bridgehead atoms. The molecule has 1 aromatic rings. The van der Waals surface area contributed by atoms with Gasteiger partial charge in [0.25, 0.3) is 0 Å². The van der Waals surface area contributed by atoms with Crippen LogP contribution in [-0.2, 0) is 0 Å². The number of nitrogens with zero attached hydrogens (tertiary/aromatic N) is 1. The zero-order chi connectivity index (χ0) is 10.6. The molecule has 1 rings (SSSR count). The maximum absolute atomic E-state index is 5.59. The Morgan fingerprint density at radius 3 is 2.36 bits per heavy atom. The maximum atomic E-state index is 5.59. The highest BCUT2D eigenvalue weighted by atomic mass is 15.1. The Hall–Kier alpha value is -1.22. The van der Waals surface area contributed by atoms with Crippen LogP contribution in [0, 0.1) is 0 Å². The average Bonchev–Trinajstić information content (AvgIpc) is 2.16. The standard InChI is InChI=1S/C11H19N3/c1-9(14(2)3)8-13-11-6-4-10(12)5-7-11/h4-7,9,13H,8,12H2,1-3H3. The number of nitrogen functional groups attached to an aromatic ring is 1. The Bertz CT molecular complexity index is 266. The SMILES string of the molecule is CC(CNc1ccc(N)cc1)N(C)C. The molecular formula is C11H19N3. The first kappa shape index (κ1) is 10.9. The van der Waals surface area contributed by atoms with E-state index >= 15 is 0 Å². The molecule has 0 saturated heterocycles. The van der Waals surface area contributed by atoms with E-state index in [1.807, 2.05) is 24.3 Å². The topological polar surface area (TPSA) is 41.3 Å². The van der Waals surface area contributed by atoms with Gasteiger partial charge in [0.05, 0.1) is 0 Å². The van der Waals surface area contributed by atoms with E-state index in [1.165, 1.54) is 0 Å². The van der Waals surface area contributed by atoms with Crippen LogP contribution in [0.1, 0.15) is 6.92 Å². The second kappa shape index (κ2) is 4.86. The average molecular weight is 193 g/mol. The zero-order valence-corrected chi connectivity index (χ0v) is 9.12. The van der Waals surface area contributed by atoms with E-state index in [2.05, 4.69) is 31.2 Å². The quantitative estimate of drug-likeness (QED) is 0.714. The van der Waals surface area contributed by atoms with Gasteiger partial charge in [-0.05, 0) is 45.3 Å². The Labute approximate surface area is 85.9 Å². The molecule has 0 radical (unpaired) electrons. The number of anilines is 2. The van der Waals surface area contributed by atoms with Crippen LogP contribution in [0.25, 0.3) is 0 Å². The van der Waals surface area contributed by atoms with Crippen molar-refractivity contribution >= 4 is 11.4 Å². The van der Waals surface area contributed by atoms with Gasteiger partial charge in [-0.2, -0.15) is 0 Å². The molecule has 3 nitrogen and oxygen atoms in total. The summed E-state index contributed by atoms with van der Waals surface area (Å²) < 4.78 is 0. The van der Waals surface area contributed by atoms with Gasteiger partial charge < -0.3 is 16.0 Å². The van der Waals surface area contributed by atoms with Gasteiger partial charge in [-0.1, -0.05) is 0 Å². The zero-order valence-electron chi connectivity index (χ0n) is 9.12. The van der Waals surface area contributed by atoms with Gasteiger partial charge in [0.1, 0.15) is 0 Å². The van der Waals surface area contributed by atoms with Crippen LogP contribution in [0.4, 0.5) is 11.4 Å². The molecule has 0 spiro atoms. The predicted molar refractivity (Wildman–Crippen MR) is 62.5 cm³/mol. The Kier molecular flexibility index (Phi) is 3.77. The lowest BCUT2D eigenvalue weighted by atomic mass is 10.2. The third-order valence-corrected chi connectivity index (χ3v) is 2.39. The van der Waals surface area contributed by atoms with Crippen LogP contribution in [0.15, 0.2) is 24.3 Å². The van der Waals surface area contributed by atoms with E-state index in [1.54, 1.807) is 0 Å². The van der Waals surface area contributed by atoms with Crippen molar-refractivity contribution in [3.8, 4) is 0 Å². The summed E-state index contributed by atoms with van der Waals surface area (Å²) in [6.07, 6.45) is 0. The third kappa shape index (κ3) is 3.26. The first-order valence-corrected chi connectivity index (χ1v) is 4.85. The van der Waals surface area contributed by atoms with Crippen molar-refractivity contribution in [2.24, 2.45) is 0 Å². The lowest BCUT2D eigenvalue weighted by Crippen LogP contribution is -2.31. The molecule has 1 atom stereocenters. The summed E-state index contributed by atoms with van der Waals surface area (Å²) in [6.45, 7) is 3.13. The van der Waals surface area contributed by atoms with Gasteiger partial charge in [-0.15, -0.1) is 0 Å². The van der Waals surface area contributed by atoms with Gasteiger partial charge >= 0.3 is 0 Å². The largest absolute Gasteiger partial charge is 0.399 e. The van der Waals surface area contributed by atoms with Crippen LogP contribution in [-0.4, -0.2) is 31.6 Å². The minimum Gasteiger partial charge on any atom is -0.399 e. The minimum absolute atomic E-state index is 0.521. The number of nitrogens with one attached hydrogen (secondary N) is 1. The number of hydrogen-bond acceptors (Lipinski definition) is 3. The van der Waals surface area contributed by atoms with Crippen LogP contribution in [0.2, 0.25) is 0 Å². The summed E-state index contributed by atoms with van der Waals surface area (Å²) in [6, 6.07) is 8.33. The van der Waals surface area contributed by atoms with E-state index in [-0.39, 0.29) is 0 Å². The highest BCUT2D eigenvalue weighted by molar-refractivity contribution is 5.51. The summed E-state index contributed by atoms with van der Waals surface area (Å²) in [5.41, 5.74) is 7.52. The molecule has 0 aliphatic heterocycles. The van der Waals surface area contributed by atoms with E-state index < -0.39 is 0 Å². The molecule has 3 N–H and O–H groups in total. The summed E-state index contributed by atoms with van der Waals surface area (Å²) in [7, 11) is 4.16. The fourth-order valence-electron chi connectivity index (χ4n) is 1.05. The van der Waals surface area contributed by atoms with Crippen molar-refractivity contribution in [1.82, 2.24) is 4.90 Å². The van der Waals surface area contributed by atoms with E-state index in [0.29, 0.717) is 6.04 Å². The van der Waals surface area contributed by atoms with Crippen LogP contribution >= 0.6 is 0 Å². The summed E-state index contributed by atoms with van der Waals surface area (Å²) in [5.74, 6) is 0. The molecule has 78 valence electrons. The monoisotopic (exact) mass is 193 g/mol. The van der Waals surface area contributed by atoms with Crippen molar-refractivity contribution in [2.75, 3.05) is 31.7 Å². The third-order valence-electron chi connectivity index (χ3n) is 2.39. The smallest absolute Gasteiger partial charge is 0.0342 e. The molecule has 3 heteroatoms.